The van der Waals surface area contributed by atoms with Gasteiger partial charge in [-0.3, -0.25) is 4.79 Å². The smallest absolute Gasteiger partial charge is 0.315 e. The lowest BCUT2D eigenvalue weighted by atomic mass is 10.1. The summed E-state index contributed by atoms with van der Waals surface area (Å²) in [6, 6.07) is 18.6. The minimum atomic E-state index is -0.618. The minimum absolute atomic E-state index is 0.0663. The quantitative estimate of drug-likeness (QED) is 0.170. The van der Waals surface area contributed by atoms with Crippen LogP contribution in [-0.2, 0) is 13.0 Å². The average Bonchev–Trinajstić information content (AvgIpc) is 3.30. The molecule has 5 aromatic rings. The Hall–Kier alpha value is -4.34. The Morgan fingerprint density at radius 3 is 2.62 bits per heavy atom. The number of amides is 2. The third-order valence-electron chi connectivity index (χ3n) is 6.14. The standard InChI is InChI=1S/C28H22Cl2FN5O3/c29-18-7-8-20(31)17(11-18)14-32-28(39)34-22(10-15-4-2-1-3-5-15)27-35-25(26(30)36-27)16-6-9-21-19(12-16)23(37)13-24(38)33-21/h1-9,11-13,22H,10,14H2,(H,35,36)(H2,32,34,39)(H2,33,37,38)/t22-/m0/s1. The predicted molar refractivity (Wildman–Crippen MR) is 148 cm³/mol. The molecule has 8 nitrogen and oxygen atoms in total. The van der Waals surface area contributed by atoms with Gasteiger partial charge in [-0.25, -0.2) is 14.2 Å². The molecule has 2 heterocycles. The lowest BCUT2D eigenvalue weighted by molar-refractivity contribution is 0.236. The summed E-state index contributed by atoms with van der Waals surface area (Å²) < 4.78 is 14.1. The van der Waals surface area contributed by atoms with Crippen LogP contribution in [0.15, 0.2) is 77.6 Å². The number of aromatic hydroxyl groups is 1. The first-order chi connectivity index (χ1) is 18.8. The van der Waals surface area contributed by atoms with Gasteiger partial charge in [0.05, 0.1) is 11.6 Å². The zero-order chi connectivity index (χ0) is 27.5. The van der Waals surface area contributed by atoms with Gasteiger partial charge >= 0.3 is 6.03 Å². The van der Waals surface area contributed by atoms with Crippen LogP contribution < -0.4 is 16.2 Å². The minimum Gasteiger partial charge on any atom is -0.507 e. The molecule has 0 unspecified atom stereocenters. The molecule has 0 spiro atoms. The summed E-state index contributed by atoms with van der Waals surface area (Å²) in [5.74, 6) is -0.249. The molecule has 1 atom stereocenters. The maximum atomic E-state index is 14.1. The number of benzene rings is 3. The van der Waals surface area contributed by atoms with E-state index in [1.54, 1.807) is 18.2 Å². The van der Waals surface area contributed by atoms with Gasteiger partial charge in [0.1, 0.15) is 28.2 Å². The lowest BCUT2D eigenvalue weighted by Gasteiger charge is -2.18. The molecule has 2 aromatic heterocycles. The highest BCUT2D eigenvalue weighted by Gasteiger charge is 2.22. The molecule has 11 heteroatoms. The molecule has 5 rings (SSSR count). The van der Waals surface area contributed by atoms with Crippen molar-refractivity contribution in [3.63, 3.8) is 0 Å². The van der Waals surface area contributed by atoms with Gasteiger partial charge in [-0.1, -0.05) is 59.6 Å². The van der Waals surface area contributed by atoms with Crippen molar-refractivity contribution >= 4 is 40.1 Å². The molecule has 198 valence electrons. The van der Waals surface area contributed by atoms with Crippen LogP contribution in [0.5, 0.6) is 5.75 Å². The molecule has 0 aliphatic heterocycles. The number of carbonyl (C=O) groups excluding carboxylic acids is 1. The van der Waals surface area contributed by atoms with Crippen LogP contribution in [0.2, 0.25) is 10.2 Å². The van der Waals surface area contributed by atoms with Gasteiger partial charge in [0, 0.05) is 34.1 Å². The fourth-order valence-corrected chi connectivity index (χ4v) is 4.68. The van der Waals surface area contributed by atoms with Crippen molar-refractivity contribution in [2.45, 2.75) is 19.0 Å². The number of nitrogens with one attached hydrogen (secondary N) is 4. The number of aromatic amines is 2. The van der Waals surface area contributed by atoms with Crippen LogP contribution in [0.3, 0.4) is 0 Å². The Morgan fingerprint density at radius 1 is 1.03 bits per heavy atom. The van der Waals surface area contributed by atoms with E-state index >= 15 is 0 Å². The molecule has 0 saturated carbocycles. The van der Waals surface area contributed by atoms with E-state index in [9.17, 15) is 19.1 Å². The molecule has 0 radical (unpaired) electrons. The molecule has 3 aromatic carbocycles. The van der Waals surface area contributed by atoms with E-state index in [0.29, 0.717) is 39.4 Å². The van der Waals surface area contributed by atoms with Crippen molar-refractivity contribution < 1.29 is 14.3 Å². The number of hydrogen-bond acceptors (Lipinski definition) is 4. The molecule has 0 aliphatic rings. The van der Waals surface area contributed by atoms with Crippen LogP contribution in [0.1, 0.15) is 23.0 Å². The fourth-order valence-electron chi connectivity index (χ4n) is 4.24. The second kappa shape index (κ2) is 11.2. The van der Waals surface area contributed by atoms with E-state index in [1.807, 2.05) is 30.3 Å². The molecule has 2 amide bonds. The molecular weight excluding hydrogens is 544 g/mol. The molecule has 5 N–H and O–H groups in total. The van der Waals surface area contributed by atoms with Crippen molar-refractivity contribution in [2.24, 2.45) is 0 Å². The topological polar surface area (TPSA) is 123 Å². The fraction of sp³-hybridized carbons (Fsp3) is 0.107. The second-order valence-corrected chi connectivity index (χ2v) is 9.68. The Morgan fingerprint density at radius 2 is 1.82 bits per heavy atom. The number of imidazole rings is 1. The third kappa shape index (κ3) is 6.05. The Labute approximate surface area is 231 Å². The second-order valence-electron chi connectivity index (χ2n) is 8.87. The van der Waals surface area contributed by atoms with Gasteiger partial charge in [0.25, 0.3) is 5.56 Å². The number of fused-ring (bicyclic) bond motifs is 1. The Bertz CT molecular complexity index is 1720. The number of urea groups is 1. The highest BCUT2D eigenvalue weighted by atomic mass is 35.5. The van der Waals surface area contributed by atoms with E-state index in [1.165, 1.54) is 18.2 Å². The van der Waals surface area contributed by atoms with Crippen molar-refractivity contribution in [2.75, 3.05) is 0 Å². The molecule has 0 aliphatic carbocycles. The molecule has 0 bridgehead atoms. The summed E-state index contributed by atoms with van der Waals surface area (Å²) in [7, 11) is 0. The van der Waals surface area contributed by atoms with E-state index in [-0.39, 0.29) is 23.0 Å². The SMILES string of the molecule is O=C(NCc1cc(Cl)ccc1F)N[C@@H](Cc1ccccc1)c1nc(-c2ccc3[nH]c(=O)cc(O)c3c2)c(Cl)[nH]1. The summed E-state index contributed by atoms with van der Waals surface area (Å²) in [6.45, 7) is -0.0663. The van der Waals surface area contributed by atoms with Crippen LogP contribution >= 0.6 is 23.2 Å². The molecule has 39 heavy (non-hydrogen) atoms. The normalized spacial score (nSPS) is 11.9. The largest absolute Gasteiger partial charge is 0.507 e. The first kappa shape index (κ1) is 26.3. The summed E-state index contributed by atoms with van der Waals surface area (Å²) in [5, 5.41) is 16.8. The first-order valence-electron chi connectivity index (χ1n) is 11.9. The highest BCUT2D eigenvalue weighted by molar-refractivity contribution is 6.32. The first-order valence-corrected chi connectivity index (χ1v) is 12.7. The Balaban J connectivity index is 1.42. The number of pyridine rings is 1. The van der Waals surface area contributed by atoms with Crippen LogP contribution in [0.25, 0.3) is 22.2 Å². The maximum absolute atomic E-state index is 14.1. The zero-order valence-electron chi connectivity index (χ0n) is 20.3. The van der Waals surface area contributed by atoms with Crippen molar-refractivity contribution in [3.8, 4) is 17.0 Å². The summed E-state index contributed by atoms with van der Waals surface area (Å²) >= 11 is 12.5. The molecule has 0 saturated heterocycles. The Kier molecular flexibility index (Phi) is 7.53. The van der Waals surface area contributed by atoms with Gasteiger partial charge in [-0.2, -0.15) is 0 Å². The average molecular weight is 566 g/mol. The number of nitrogens with zero attached hydrogens (tertiary/aromatic N) is 1. The zero-order valence-corrected chi connectivity index (χ0v) is 21.8. The van der Waals surface area contributed by atoms with Crippen LogP contribution in [-0.4, -0.2) is 26.1 Å². The number of hydrogen-bond donors (Lipinski definition) is 5. The van der Waals surface area contributed by atoms with Gasteiger partial charge in [-0.05, 0) is 42.3 Å². The van der Waals surface area contributed by atoms with E-state index in [2.05, 4.69) is 25.6 Å². The van der Waals surface area contributed by atoms with Crippen molar-refractivity contribution in [1.82, 2.24) is 25.6 Å². The van der Waals surface area contributed by atoms with E-state index in [0.717, 1.165) is 11.6 Å². The van der Waals surface area contributed by atoms with Gasteiger partial charge in [0.2, 0.25) is 0 Å². The number of halogens is 3. The van der Waals surface area contributed by atoms with Gasteiger partial charge in [0.15, 0.2) is 0 Å². The predicted octanol–water partition coefficient (Wildman–Crippen LogP) is 5.85. The van der Waals surface area contributed by atoms with E-state index < -0.39 is 23.4 Å². The maximum Gasteiger partial charge on any atom is 0.315 e. The number of H-pyrrole nitrogens is 2. The summed E-state index contributed by atoms with van der Waals surface area (Å²) in [4.78, 5) is 34.9. The third-order valence-corrected chi connectivity index (χ3v) is 6.65. The molecule has 0 fully saturated rings. The monoisotopic (exact) mass is 565 g/mol. The van der Waals surface area contributed by atoms with Crippen molar-refractivity contribution in [3.05, 3.63) is 116 Å². The van der Waals surface area contributed by atoms with Crippen LogP contribution in [0.4, 0.5) is 9.18 Å². The number of aromatic nitrogens is 3. The summed E-state index contributed by atoms with van der Waals surface area (Å²) in [5.41, 5.74) is 2.24. The van der Waals surface area contributed by atoms with Gasteiger partial charge < -0.3 is 25.7 Å². The van der Waals surface area contributed by atoms with Gasteiger partial charge in [-0.15, -0.1) is 0 Å². The van der Waals surface area contributed by atoms with E-state index in [4.69, 9.17) is 23.2 Å². The summed E-state index contributed by atoms with van der Waals surface area (Å²) in [6.07, 6.45) is 0.392. The van der Waals surface area contributed by atoms with Crippen LogP contribution in [0, 0.1) is 5.82 Å². The highest BCUT2D eigenvalue weighted by Crippen LogP contribution is 2.32. The number of carbonyl (C=O) groups is 1. The lowest BCUT2D eigenvalue weighted by Crippen LogP contribution is -2.39. The number of rotatable bonds is 7. The molecular formula is C28H22Cl2FN5O3. The van der Waals surface area contributed by atoms with Crippen molar-refractivity contribution in [1.29, 1.82) is 0 Å².